The van der Waals surface area contributed by atoms with Gasteiger partial charge in [0.05, 0.1) is 20.3 Å². The van der Waals surface area contributed by atoms with Crippen molar-refractivity contribution in [1.29, 1.82) is 0 Å². The Morgan fingerprint density at radius 2 is 1.75 bits per heavy atom. The molecule has 2 N–H and O–H groups in total. The second kappa shape index (κ2) is 7.63. The molecule has 0 heterocycles. The highest BCUT2D eigenvalue weighted by molar-refractivity contribution is 5.89. The molecule has 0 saturated heterocycles. The molecule has 2 amide bonds. The molecule has 2 rings (SSSR count). The van der Waals surface area contributed by atoms with E-state index in [1.807, 2.05) is 0 Å². The average molecular weight is 336 g/mol. The highest BCUT2D eigenvalue weighted by Crippen LogP contribution is 2.29. The smallest absolute Gasteiger partial charge is 0.319 e. The number of halogens is 2. The van der Waals surface area contributed by atoms with Gasteiger partial charge in [-0.05, 0) is 37.3 Å². The van der Waals surface area contributed by atoms with Gasteiger partial charge in [-0.15, -0.1) is 0 Å². The molecule has 24 heavy (non-hydrogen) atoms. The monoisotopic (exact) mass is 336 g/mol. The standard InChI is InChI=1S/C17H18F2N2O3/c1-10(12-9-11(23-2)7-8-15(12)24-3)20-17(22)21-16-13(18)5-4-6-14(16)19/h4-10H,1-3H3,(H2,20,21,22). The molecule has 0 radical (unpaired) electrons. The minimum Gasteiger partial charge on any atom is -0.497 e. The first-order valence-electron chi connectivity index (χ1n) is 7.19. The predicted molar refractivity (Wildman–Crippen MR) is 86.5 cm³/mol. The highest BCUT2D eigenvalue weighted by Gasteiger charge is 2.17. The van der Waals surface area contributed by atoms with Crippen molar-refractivity contribution in [2.75, 3.05) is 19.5 Å². The van der Waals surface area contributed by atoms with Crippen LogP contribution in [0, 0.1) is 11.6 Å². The quantitative estimate of drug-likeness (QED) is 0.871. The van der Waals surface area contributed by atoms with Crippen molar-refractivity contribution < 1.29 is 23.0 Å². The first-order valence-corrected chi connectivity index (χ1v) is 7.19. The summed E-state index contributed by atoms with van der Waals surface area (Å²) in [5.74, 6) is -0.547. The fourth-order valence-electron chi connectivity index (χ4n) is 2.22. The number of methoxy groups -OCH3 is 2. The third-order valence-corrected chi connectivity index (χ3v) is 3.45. The average Bonchev–Trinajstić information content (AvgIpc) is 2.57. The molecule has 2 aromatic rings. The second-order valence-corrected chi connectivity index (χ2v) is 5.02. The van der Waals surface area contributed by atoms with Gasteiger partial charge in [-0.2, -0.15) is 0 Å². The van der Waals surface area contributed by atoms with Crippen LogP contribution >= 0.6 is 0 Å². The number of nitrogens with one attached hydrogen (secondary N) is 2. The van der Waals surface area contributed by atoms with Crippen molar-refractivity contribution >= 4 is 11.7 Å². The molecule has 0 aliphatic carbocycles. The lowest BCUT2D eigenvalue weighted by atomic mass is 10.1. The van der Waals surface area contributed by atoms with Crippen LogP contribution in [0.5, 0.6) is 11.5 Å². The van der Waals surface area contributed by atoms with E-state index < -0.39 is 29.4 Å². The number of para-hydroxylation sites is 1. The Kier molecular flexibility index (Phi) is 5.57. The minimum atomic E-state index is -0.850. The van der Waals surface area contributed by atoms with Crippen LogP contribution in [0.25, 0.3) is 0 Å². The van der Waals surface area contributed by atoms with Crippen LogP contribution in [-0.2, 0) is 0 Å². The second-order valence-electron chi connectivity index (χ2n) is 5.02. The van der Waals surface area contributed by atoms with Crippen LogP contribution in [0.1, 0.15) is 18.5 Å². The molecule has 2 aromatic carbocycles. The van der Waals surface area contributed by atoms with E-state index in [0.29, 0.717) is 17.1 Å². The molecule has 0 saturated carbocycles. The summed E-state index contributed by atoms with van der Waals surface area (Å²) in [4.78, 5) is 12.0. The molecule has 128 valence electrons. The van der Waals surface area contributed by atoms with Gasteiger partial charge >= 0.3 is 6.03 Å². The molecule has 0 aromatic heterocycles. The maximum Gasteiger partial charge on any atom is 0.319 e. The van der Waals surface area contributed by atoms with Crippen LogP contribution in [0.15, 0.2) is 36.4 Å². The number of carbonyl (C=O) groups is 1. The molecule has 0 aliphatic rings. The molecule has 7 heteroatoms. The van der Waals surface area contributed by atoms with E-state index >= 15 is 0 Å². The van der Waals surface area contributed by atoms with Crippen LogP contribution < -0.4 is 20.1 Å². The summed E-state index contributed by atoms with van der Waals surface area (Å²) in [6.45, 7) is 1.72. The van der Waals surface area contributed by atoms with Gasteiger partial charge in [-0.25, -0.2) is 13.6 Å². The summed E-state index contributed by atoms with van der Waals surface area (Å²) in [5, 5.41) is 4.78. The van der Waals surface area contributed by atoms with Gasteiger partial charge < -0.3 is 20.1 Å². The van der Waals surface area contributed by atoms with Gasteiger partial charge in [0, 0.05) is 5.56 Å². The Bertz CT molecular complexity index is 718. The van der Waals surface area contributed by atoms with Crippen LogP contribution in [0.3, 0.4) is 0 Å². The van der Waals surface area contributed by atoms with Gasteiger partial charge in [0.2, 0.25) is 0 Å². The lowest BCUT2D eigenvalue weighted by Gasteiger charge is -2.19. The Morgan fingerprint density at radius 1 is 1.08 bits per heavy atom. The number of benzene rings is 2. The van der Waals surface area contributed by atoms with Crippen LogP contribution in [0.4, 0.5) is 19.3 Å². The first kappa shape index (κ1) is 17.5. The molecular weight excluding hydrogens is 318 g/mol. The van der Waals surface area contributed by atoms with Crippen molar-refractivity contribution in [3.05, 3.63) is 53.6 Å². The Labute approximate surface area is 138 Å². The SMILES string of the molecule is COc1ccc(OC)c(C(C)NC(=O)Nc2c(F)cccc2F)c1. The molecule has 1 unspecified atom stereocenters. The van der Waals surface area contributed by atoms with Gasteiger partial charge in [-0.1, -0.05) is 6.07 Å². The number of carbonyl (C=O) groups excluding carboxylic acids is 1. The zero-order valence-corrected chi connectivity index (χ0v) is 13.5. The number of urea groups is 1. The number of amides is 2. The minimum absolute atomic E-state index is 0.482. The summed E-state index contributed by atoms with van der Waals surface area (Å²) in [6, 6.07) is 7.27. The van der Waals surface area contributed by atoms with E-state index in [0.717, 1.165) is 12.1 Å². The van der Waals surface area contributed by atoms with Gasteiger partial charge in [0.15, 0.2) is 0 Å². The molecule has 5 nitrogen and oxygen atoms in total. The number of anilines is 1. The summed E-state index contributed by atoms with van der Waals surface area (Å²) < 4.78 is 37.5. The fraction of sp³-hybridized carbons (Fsp3) is 0.235. The lowest BCUT2D eigenvalue weighted by Crippen LogP contribution is -2.32. The van der Waals surface area contributed by atoms with Crippen molar-refractivity contribution in [3.8, 4) is 11.5 Å². The predicted octanol–water partition coefficient (Wildman–Crippen LogP) is 3.86. The molecular formula is C17H18F2N2O3. The Morgan fingerprint density at radius 3 is 2.33 bits per heavy atom. The highest BCUT2D eigenvalue weighted by atomic mass is 19.1. The van der Waals surface area contributed by atoms with Gasteiger partial charge in [0.25, 0.3) is 0 Å². The molecule has 0 fully saturated rings. The topological polar surface area (TPSA) is 59.6 Å². The number of rotatable bonds is 5. The summed E-state index contributed by atoms with van der Waals surface area (Å²) in [7, 11) is 3.03. The fourth-order valence-corrected chi connectivity index (χ4v) is 2.22. The third kappa shape index (κ3) is 3.92. The first-order chi connectivity index (χ1) is 11.5. The third-order valence-electron chi connectivity index (χ3n) is 3.45. The zero-order chi connectivity index (χ0) is 17.7. The van der Waals surface area contributed by atoms with E-state index in [2.05, 4.69) is 10.6 Å². The molecule has 1 atom stereocenters. The normalized spacial score (nSPS) is 11.5. The van der Waals surface area contributed by atoms with E-state index in [-0.39, 0.29) is 0 Å². The van der Waals surface area contributed by atoms with Gasteiger partial charge in [0.1, 0.15) is 28.8 Å². The van der Waals surface area contributed by atoms with E-state index in [9.17, 15) is 13.6 Å². The molecule has 0 aliphatic heterocycles. The lowest BCUT2D eigenvalue weighted by molar-refractivity contribution is 0.249. The van der Waals surface area contributed by atoms with Crippen LogP contribution in [0.2, 0.25) is 0 Å². The van der Waals surface area contributed by atoms with Gasteiger partial charge in [-0.3, -0.25) is 0 Å². The van der Waals surface area contributed by atoms with Crippen LogP contribution in [-0.4, -0.2) is 20.3 Å². The molecule has 0 spiro atoms. The van der Waals surface area contributed by atoms with Crippen molar-refractivity contribution in [1.82, 2.24) is 5.32 Å². The summed E-state index contributed by atoms with van der Waals surface area (Å²) >= 11 is 0. The zero-order valence-electron chi connectivity index (χ0n) is 13.5. The largest absolute Gasteiger partial charge is 0.497 e. The number of hydrogen-bond acceptors (Lipinski definition) is 3. The Hall–Kier alpha value is -2.83. The van der Waals surface area contributed by atoms with E-state index in [1.54, 1.807) is 25.1 Å². The Balaban J connectivity index is 2.14. The molecule has 0 bridgehead atoms. The maximum atomic E-state index is 13.6. The van der Waals surface area contributed by atoms with E-state index in [1.165, 1.54) is 20.3 Å². The summed E-state index contributed by atoms with van der Waals surface area (Å²) in [6.07, 6.45) is 0. The number of hydrogen-bond donors (Lipinski definition) is 2. The number of ether oxygens (including phenoxy) is 2. The van der Waals surface area contributed by atoms with Crippen molar-refractivity contribution in [2.45, 2.75) is 13.0 Å². The maximum absolute atomic E-state index is 13.6. The van der Waals surface area contributed by atoms with E-state index in [4.69, 9.17) is 9.47 Å². The van der Waals surface area contributed by atoms with Crippen molar-refractivity contribution in [2.24, 2.45) is 0 Å². The summed E-state index contributed by atoms with van der Waals surface area (Å²) in [5.41, 5.74) is 0.167. The van der Waals surface area contributed by atoms with Crippen molar-refractivity contribution in [3.63, 3.8) is 0 Å².